The first-order valence-electron chi connectivity index (χ1n) is 13.7. The van der Waals surface area contributed by atoms with Gasteiger partial charge in [0.05, 0.1) is 19.8 Å². The van der Waals surface area contributed by atoms with Crippen LogP contribution in [0, 0.1) is 5.41 Å². The summed E-state index contributed by atoms with van der Waals surface area (Å²) >= 11 is 0. The lowest BCUT2D eigenvalue weighted by molar-refractivity contribution is -0.142. The number of amides is 3. The van der Waals surface area contributed by atoms with E-state index < -0.39 is 35.0 Å². The fourth-order valence-electron chi connectivity index (χ4n) is 4.07. The fraction of sp³-hybridized carbons (Fsp3) is 0.655. The van der Waals surface area contributed by atoms with Crippen molar-refractivity contribution in [1.29, 1.82) is 0 Å². The van der Waals surface area contributed by atoms with Crippen LogP contribution >= 0.6 is 0 Å². The minimum Gasteiger partial charge on any atom is -0.491 e. The third-order valence-corrected chi connectivity index (χ3v) is 6.10. The van der Waals surface area contributed by atoms with Crippen molar-refractivity contribution >= 4 is 23.9 Å². The van der Waals surface area contributed by atoms with Gasteiger partial charge in [-0.3, -0.25) is 9.59 Å². The molecule has 0 aliphatic carbocycles. The smallest absolute Gasteiger partial charge is 0.410 e. The maximum atomic E-state index is 13.7. The number of hydrogen-bond donors (Lipinski definition) is 2. The summed E-state index contributed by atoms with van der Waals surface area (Å²) in [6, 6.07) is 4.99. The Labute approximate surface area is 242 Å². The second-order valence-electron chi connectivity index (χ2n) is 12.1. The van der Waals surface area contributed by atoms with Crippen LogP contribution in [0.3, 0.4) is 0 Å². The Hall–Kier alpha value is -3.38. The Kier molecular flexibility index (Phi) is 12.4. The standard InChI is InChI=1S/C29H45N3O9/c1-28(2,3)25(30-23(33)18-31(7)27(37)41-29(4,5)6)26(36)32-11-10-20-8-9-22(16-21(20)17-32)40-15-14-38-12-13-39-19-24(34)35/h8-9,16,25H,10-15,17-19H2,1-7H3,(H,30,33)(H,34,35). The van der Waals surface area contributed by atoms with Gasteiger partial charge in [-0.25, -0.2) is 9.59 Å². The van der Waals surface area contributed by atoms with Crippen LogP contribution in [-0.2, 0) is 41.6 Å². The SMILES string of the molecule is CN(CC(=O)NC(C(=O)N1CCc2ccc(OCCOCCOCC(=O)O)cc2C1)C(C)(C)C)C(=O)OC(C)(C)C. The minimum atomic E-state index is -1.03. The van der Waals surface area contributed by atoms with Gasteiger partial charge in [0.2, 0.25) is 11.8 Å². The molecule has 3 amide bonds. The van der Waals surface area contributed by atoms with Gasteiger partial charge < -0.3 is 39.2 Å². The first kappa shape index (κ1) is 33.8. The molecule has 12 heteroatoms. The zero-order valence-corrected chi connectivity index (χ0v) is 25.3. The average molecular weight is 580 g/mol. The molecule has 1 atom stereocenters. The zero-order chi connectivity index (χ0) is 30.8. The topological polar surface area (TPSA) is 144 Å². The summed E-state index contributed by atoms with van der Waals surface area (Å²) in [4.78, 5) is 52.1. The molecule has 0 bridgehead atoms. The van der Waals surface area contributed by atoms with E-state index in [0.29, 0.717) is 38.5 Å². The average Bonchev–Trinajstić information content (AvgIpc) is 2.86. The molecule has 1 aliphatic heterocycles. The van der Waals surface area contributed by atoms with Crippen molar-refractivity contribution in [2.45, 2.75) is 66.2 Å². The Bertz CT molecular complexity index is 1060. The van der Waals surface area contributed by atoms with E-state index in [-0.39, 0.29) is 32.3 Å². The van der Waals surface area contributed by atoms with E-state index in [9.17, 15) is 19.2 Å². The van der Waals surface area contributed by atoms with Gasteiger partial charge in [-0.05, 0) is 55.9 Å². The van der Waals surface area contributed by atoms with Crippen molar-refractivity contribution in [2.24, 2.45) is 5.41 Å². The molecular formula is C29H45N3O9. The molecule has 1 heterocycles. The highest BCUT2D eigenvalue weighted by molar-refractivity contribution is 5.90. The summed E-state index contributed by atoms with van der Waals surface area (Å²) < 4.78 is 21.4. The van der Waals surface area contributed by atoms with E-state index in [2.05, 4.69) is 5.32 Å². The highest BCUT2D eigenvalue weighted by atomic mass is 16.6. The van der Waals surface area contributed by atoms with Gasteiger partial charge in [-0.1, -0.05) is 26.8 Å². The molecule has 0 spiro atoms. The van der Waals surface area contributed by atoms with Gasteiger partial charge in [-0.2, -0.15) is 0 Å². The van der Waals surface area contributed by atoms with Crippen LogP contribution in [0.2, 0.25) is 0 Å². The van der Waals surface area contributed by atoms with Crippen LogP contribution in [0.25, 0.3) is 0 Å². The number of benzene rings is 1. The van der Waals surface area contributed by atoms with Crippen molar-refractivity contribution in [3.8, 4) is 5.75 Å². The monoisotopic (exact) mass is 579 g/mol. The lowest BCUT2D eigenvalue weighted by atomic mass is 9.85. The lowest BCUT2D eigenvalue weighted by Gasteiger charge is -2.37. The summed E-state index contributed by atoms with van der Waals surface area (Å²) in [6.07, 6.45) is 0.0563. The second-order valence-corrected chi connectivity index (χ2v) is 12.1. The summed E-state index contributed by atoms with van der Waals surface area (Å²) in [7, 11) is 1.48. The first-order chi connectivity index (χ1) is 19.1. The van der Waals surface area contributed by atoms with Gasteiger partial charge in [-0.15, -0.1) is 0 Å². The number of nitrogens with one attached hydrogen (secondary N) is 1. The number of hydrogen-bond acceptors (Lipinski definition) is 8. The molecule has 0 saturated carbocycles. The molecule has 2 N–H and O–H groups in total. The molecule has 0 fully saturated rings. The minimum absolute atomic E-state index is 0.186. The number of ether oxygens (including phenoxy) is 4. The van der Waals surface area contributed by atoms with Crippen LogP contribution in [0.15, 0.2) is 18.2 Å². The zero-order valence-electron chi connectivity index (χ0n) is 25.3. The number of nitrogens with zero attached hydrogens (tertiary/aromatic N) is 2. The summed E-state index contributed by atoms with van der Waals surface area (Å²) in [6.45, 7) is 12.3. The number of likely N-dealkylation sites (N-methyl/N-ethyl adjacent to an activating group) is 1. The van der Waals surface area contributed by atoms with Crippen LogP contribution in [0.4, 0.5) is 4.79 Å². The molecule has 0 radical (unpaired) electrons. The maximum Gasteiger partial charge on any atom is 0.410 e. The molecule has 230 valence electrons. The predicted octanol–water partition coefficient (Wildman–Crippen LogP) is 2.47. The number of carbonyl (C=O) groups excluding carboxylic acids is 3. The van der Waals surface area contributed by atoms with Crippen molar-refractivity contribution in [3.63, 3.8) is 0 Å². The molecule has 1 aromatic carbocycles. The van der Waals surface area contributed by atoms with Crippen LogP contribution in [-0.4, -0.2) is 104 Å². The van der Waals surface area contributed by atoms with Crippen molar-refractivity contribution in [3.05, 3.63) is 29.3 Å². The van der Waals surface area contributed by atoms with E-state index in [4.69, 9.17) is 24.1 Å². The number of carbonyl (C=O) groups is 4. The summed E-state index contributed by atoms with van der Waals surface area (Å²) in [5, 5.41) is 11.4. The molecule has 1 aromatic rings. The predicted molar refractivity (Wildman–Crippen MR) is 151 cm³/mol. The number of carboxylic acid groups (broad SMARTS) is 1. The van der Waals surface area contributed by atoms with Gasteiger partial charge >= 0.3 is 12.1 Å². The van der Waals surface area contributed by atoms with E-state index in [1.807, 2.05) is 39.0 Å². The molecule has 1 unspecified atom stereocenters. The van der Waals surface area contributed by atoms with E-state index in [0.717, 1.165) is 11.1 Å². The fourth-order valence-corrected chi connectivity index (χ4v) is 4.07. The van der Waals surface area contributed by atoms with E-state index >= 15 is 0 Å². The molecule has 41 heavy (non-hydrogen) atoms. The molecule has 0 saturated heterocycles. The first-order valence-corrected chi connectivity index (χ1v) is 13.7. The molecule has 2 rings (SSSR count). The molecule has 12 nitrogen and oxygen atoms in total. The Morgan fingerprint density at radius 1 is 1.00 bits per heavy atom. The number of aliphatic carboxylic acids is 1. The van der Waals surface area contributed by atoms with Crippen molar-refractivity contribution < 1.29 is 43.2 Å². The molecular weight excluding hydrogens is 534 g/mol. The molecule has 0 aromatic heterocycles. The second kappa shape index (κ2) is 15.0. The van der Waals surface area contributed by atoms with Gasteiger partial charge in [0.25, 0.3) is 0 Å². The summed E-state index contributed by atoms with van der Waals surface area (Å²) in [5.74, 6) is -1.02. The largest absolute Gasteiger partial charge is 0.491 e. The Morgan fingerprint density at radius 3 is 2.29 bits per heavy atom. The highest BCUT2D eigenvalue weighted by Gasteiger charge is 2.37. The molecule has 1 aliphatic rings. The summed E-state index contributed by atoms with van der Waals surface area (Å²) in [5.41, 5.74) is 0.841. The normalized spacial score (nSPS) is 14.1. The third-order valence-electron chi connectivity index (χ3n) is 6.10. The Balaban J connectivity index is 1.94. The Morgan fingerprint density at radius 2 is 1.66 bits per heavy atom. The van der Waals surface area contributed by atoms with Crippen LogP contribution < -0.4 is 10.1 Å². The van der Waals surface area contributed by atoms with Gasteiger partial charge in [0.15, 0.2) is 0 Å². The quantitative estimate of drug-likeness (QED) is 0.337. The van der Waals surface area contributed by atoms with E-state index in [1.54, 1.807) is 25.7 Å². The van der Waals surface area contributed by atoms with Crippen molar-refractivity contribution in [1.82, 2.24) is 15.1 Å². The number of carboxylic acids is 1. The van der Waals surface area contributed by atoms with Crippen molar-refractivity contribution in [2.75, 3.05) is 53.2 Å². The number of fused-ring (bicyclic) bond motifs is 1. The highest BCUT2D eigenvalue weighted by Crippen LogP contribution is 2.27. The van der Waals surface area contributed by atoms with Crippen LogP contribution in [0.5, 0.6) is 5.75 Å². The third kappa shape index (κ3) is 11.9. The van der Waals surface area contributed by atoms with E-state index in [1.165, 1.54) is 11.9 Å². The maximum absolute atomic E-state index is 13.7. The lowest BCUT2D eigenvalue weighted by Crippen LogP contribution is -2.57. The van der Waals surface area contributed by atoms with Gasteiger partial charge in [0.1, 0.15) is 37.2 Å². The number of rotatable bonds is 13. The van der Waals surface area contributed by atoms with Crippen LogP contribution in [0.1, 0.15) is 52.7 Å². The van der Waals surface area contributed by atoms with Gasteiger partial charge in [0, 0.05) is 20.1 Å².